The maximum absolute atomic E-state index is 6.16. The lowest BCUT2D eigenvalue weighted by Gasteiger charge is -2.33. The zero-order valence-corrected chi connectivity index (χ0v) is 13.9. The van der Waals surface area contributed by atoms with Gasteiger partial charge in [-0.2, -0.15) is 0 Å². The first-order chi connectivity index (χ1) is 8.31. The van der Waals surface area contributed by atoms with Crippen LogP contribution in [0.2, 0.25) is 5.02 Å². The first kappa shape index (κ1) is 15.8. The first-order valence-electron chi connectivity index (χ1n) is 6.07. The third-order valence-electron chi connectivity index (χ3n) is 2.83. The molecule has 2 nitrogen and oxygen atoms in total. The quantitative estimate of drug-likeness (QED) is 0.853. The lowest BCUT2D eigenvalue weighted by atomic mass is 9.82. The van der Waals surface area contributed by atoms with Crippen molar-refractivity contribution in [2.45, 2.75) is 33.7 Å². The molecular formula is C14H21BrClNO. The molecule has 0 aliphatic carbocycles. The zero-order valence-electron chi connectivity index (χ0n) is 11.6. The standard InChI is InChI=1S/C14H21BrClNO/c1-6-17-13(14(2,3)4)10-7-9(16)8-11(15)12(10)18-5/h7-8,13,17H,6H2,1-5H3. The van der Waals surface area contributed by atoms with Crippen LogP contribution in [0.1, 0.15) is 39.3 Å². The Kier molecular flexibility index (Phi) is 5.50. The Morgan fingerprint density at radius 3 is 2.44 bits per heavy atom. The molecule has 18 heavy (non-hydrogen) atoms. The highest BCUT2D eigenvalue weighted by Gasteiger charge is 2.29. The van der Waals surface area contributed by atoms with Gasteiger partial charge in [0.15, 0.2) is 0 Å². The van der Waals surface area contributed by atoms with Crippen LogP contribution in [0.15, 0.2) is 16.6 Å². The molecule has 0 amide bonds. The lowest BCUT2D eigenvalue weighted by Crippen LogP contribution is -2.32. The summed E-state index contributed by atoms with van der Waals surface area (Å²) < 4.78 is 6.40. The van der Waals surface area contributed by atoms with Crippen molar-refractivity contribution >= 4 is 27.5 Å². The van der Waals surface area contributed by atoms with Gasteiger partial charge >= 0.3 is 0 Å². The van der Waals surface area contributed by atoms with Crippen molar-refractivity contribution in [3.63, 3.8) is 0 Å². The van der Waals surface area contributed by atoms with Crippen molar-refractivity contribution < 1.29 is 4.74 Å². The molecular weight excluding hydrogens is 314 g/mol. The number of halogens is 2. The smallest absolute Gasteiger partial charge is 0.137 e. The van der Waals surface area contributed by atoms with Gasteiger partial charge in [0.2, 0.25) is 0 Å². The van der Waals surface area contributed by atoms with Crippen LogP contribution in [0, 0.1) is 5.41 Å². The molecule has 1 rings (SSSR count). The Balaban J connectivity index is 3.35. The molecule has 1 aromatic rings. The van der Waals surface area contributed by atoms with Gasteiger partial charge in [-0.15, -0.1) is 0 Å². The molecule has 1 aromatic carbocycles. The minimum absolute atomic E-state index is 0.0768. The Bertz CT molecular complexity index is 415. The number of rotatable bonds is 4. The van der Waals surface area contributed by atoms with Crippen LogP contribution in [0.4, 0.5) is 0 Å². The van der Waals surface area contributed by atoms with Crippen LogP contribution < -0.4 is 10.1 Å². The molecule has 0 aliphatic rings. The molecule has 1 atom stereocenters. The third-order valence-corrected chi connectivity index (χ3v) is 3.63. The lowest BCUT2D eigenvalue weighted by molar-refractivity contribution is 0.268. The highest BCUT2D eigenvalue weighted by molar-refractivity contribution is 9.10. The van der Waals surface area contributed by atoms with E-state index in [4.69, 9.17) is 16.3 Å². The first-order valence-corrected chi connectivity index (χ1v) is 7.24. The van der Waals surface area contributed by atoms with Crippen LogP contribution in [-0.2, 0) is 0 Å². The molecule has 0 bridgehead atoms. The Morgan fingerprint density at radius 2 is 2.00 bits per heavy atom. The predicted octanol–water partition coefficient (Wildman–Crippen LogP) is 4.81. The Labute approximate surface area is 123 Å². The molecule has 0 heterocycles. The molecule has 0 aromatic heterocycles. The van der Waals surface area contributed by atoms with Crippen LogP contribution >= 0.6 is 27.5 Å². The molecule has 0 aliphatic heterocycles. The molecule has 0 radical (unpaired) electrons. The second kappa shape index (κ2) is 6.27. The van der Waals surface area contributed by atoms with Crippen LogP contribution in [0.25, 0.3) is 0 Å². The van der Waals surface area contributed by atoms with Crippen molar-refractivity contribution in [2.24, 2.45) is 5.41 Å². The summed E-state index contributed by atoms with van der Waals surface area (Å²) in [6.07, 6.45) is 0. The summed E-state index contributed by atoms with van der Waals surface area (Å²) in [6.45, 7) is 9.61. The number of nitrogens with one attached hydrogen (secondary N) is 1. The van der Waals surface area contributed by atoms with Gasteiger partial charge in [0, 0.05) is 16.6 Å². The summed E-state index contributed by atoms with van der Waals surface area (Å²) in [6, 6.07) is 4.02. The molecule has 4 heteroatoms. The van der Waals surface area contributed by atoms with E-state index in [0.717, 1.165) is 22.3 Å². The minimum atomic E-state index is 0.0768. The largest absolute Gasteiger partial charge is 0.495 e. The van der Waals surface area contributed by atoms with Gasteiger partial charge < -0.3 is 10.1 Å². The molecule has 0 fully saturated rings. The average Bonchev–Trinajstić information content (AvgIpc) is 2.23. The topological polar surface area (TPSA) is 21.3 Å². The van der Waals surface area contributed by atoms with Gasteiger partial charge in [0.05, 0.1) is 11.6 Å². The van der Waals surface area contributed by atoms with E-state index in [1.165, 1.54) is 0 Å². The van der Waals surface area contributed by atoms with E-state index < -0.39 is 0 Å². The third kappa shape index (κ3) is 3.62. The SMILES string of the molecule is CCNC(c1cc(Cl)cc(Br)c1OC)C(C)(C)C. The molecule has 0 spiro atoms. The van der Waals surface area contributed by atoms with Crippen molar-refractivity contribution in [2.75, 3.05) is 13.7 Å². The number of hydrogen-bond acceptors (Lipinski definition) is 2. The summed E-state index contributed by atoms with van der Waals surface area (Å²) in [5, 5.41) is 4.22. The van der Waals surface area contributed by atoms with Crippen LogP contribution in [0.5, 0.6) is 5.75 Å². The monoisotopic (exact) mass is 333 g/mol. The molecule has 0 saturated carbocycles. The van der Waals surface area contributed by atoms with Gasteiger partial charge in [-0.3, -0.25) is 0 Å². The fraction of sp³-hybridized carbons (Fsp3) is 0.571. The predicted molar refractivity (Wildman–Crippen MR) is 81.6 cm³/mol. The van der Waals surface area contributed by atoms with E-state index in [0.29, 0.717) is 5.02 Å². The van der Waals surface area contributed by atoms with Crippen molar-refractivity contribution in [1.29, 1.82) is 0 Å². The fourth-order valence-corrected chi connectivity index (χ4v) is 3.09. The van der Waals surface area contributed by atoms with E-state index in [9.17, 15) is 0 Å². The highest BCUT2D eigenvalue weighted by atomic mass is 79.9. The number of ether oxygens (including phenoxy) is 1. The molecule has 1 unspecified atom stereocenters. The summed E-state index contributed by atoms with van der Waals surface area (Å²) in [4.78, 5) is 0. The van der Waals surface area contributed by atoms with Gasteiger partial charge in [-0.1, -0.05) is 39.3 Å². The highest BCUT2D eigenvalue weighted by Crippen LogP contribution is 2.42. The average molecular weight is 335 g/mol. The van der Waals surface area contributed by atoms with Crippen molar-refractivity contribution in [1.82, 2.24) is 5.32 Å². The minimum Gasteiger partial charge on any atom is -0.495 e. The Morgan fingerprint density at radius 1 is 1.39 bits per heavy atom. The second-order valence-corrected chi connectivity index (χ2v) is 6.66. The van der Waals surface area contributed by atoms with E-state index >= 15 is 0 Å². The number of methoxy groups -OCH3 is 1. The second-order valence-electron chi connectivity index (χ2n) is 5.37. The van der Waals surface area contributed by atoms with Gasteiger partial charge in [0.1, 0.15) is 5.75 Å². The van der Waals surface area contributed by atoms with Crippen molar-refractivity contribution in [3.8, 4) is 5.75 Å². The maximum atomic E-state index is 6.16. The van der Waals surface area contributed by atoms with E-state index in [-0.39, 0.29) is 11.5 Å². The van der Waals surface area contributed by atoms with Crippen molar-refractivity contribution in [3.05, 3.63) is 27.2 Å². The fourth-order valence-electron chi connectivity index (χ4n) is 2.10. The van der Waals surface area contributed by atoms with Gasteiger partial charge in [-0.25, -0.2) is 0 Å². The number of hydrogen-bond donors (Lipinski definition) is 1. The normalized spacial score (nSPS) is 13.5. The van der Waals surface area contributed by atoms with Gasteiger partial charge in [0.25, 0.3) is 0 Å². The summed E-state index contributed by atoms with van der Waals surface area (Å²) in [5.74, 6) is 0.847. The zero-order chi connectivity index (χ0) is 13.9. The summed E-state index contributed by atoms with van der Waals surface area (Å²) in [5.41, 5.74) is 1.17. The van der Waals surface area contributed by atoms with Crippen LogP contribution in [0.3, 0.4) is 0 Å². The Hall–Kier alpha value is -0.250. The summed E-state index contributed by atoms with van der Waals surface area (Å²) >= 11 is 9.67. The molecule has 0 saturated heterocycles. The van der Waals surface area contributed by atoms with E-state index in [1.54, 1.807) is 7.11 Å². The van der Waals surface area contributed by atoms with Crippen LogP contribution in [-0.4, -0.2) is 13.7 Å². The molecule has 102 valence electrons. The van der Waals surface area contributed by atoms with E-state index in [1.807, 2.05) is 12.1 Å². The summed E-state index contributed by atoms with van der Waals surface area (Å²) in [7, 11) is 1.68. The maximum Gasteiger partial charge on any atom is 0.137 e. The molecule has 1 N–H and O–H groups in total. The number of benzene rings is 1. The van der Waals surface area contributed by atoms with E-state index in [2.05, 4.69) is 48.9 Å². The van der Waals surface area contributed by atoms with Gasteiger partial charge in [-0.05, 0) is 40.0 Å².